The standard InChI is InChI=1S/C16H12FN3O2S/c17-11-5-1-3-7-13(11)22-14-8-4-2-6-12(14)20(15(18)21)16-19-9-10-23-16/h1-10H,(H2,18,21). The van der Waals surface area contributed by atoms with Crippen molar-refractivity contribution < 1.29 is 13.9 Å². The Bertz CT molecular complexity index is 824. The Hall–Kier alpha value is -2.93. The molecule has 0 radical (unpaired) electrons. The predicted octanol–water partition coefficient (Wildman–Crippen LogP) is 4.29. The minimum absolute atomic E-state index is 0.0588. The molecular weight excluding hydrogens is 317 g/mol. The summed E-state index contributed by atoms with van der Waals surface area (Å²) >= 11 is 1.26. The summed E-state index contributed by atoms with van der Waals surface area (Å²) in [5.41, 5.74) is 5.86. The highest BCUT2D eigenvalue weighted by atomic mass is 32.1. The van der Waals surface area contributed by atoms with E-state index in [0.717, 1.165) is 0 Å². The lowest BCUT2D eigenvalue weighted by molar-refractivity contribution is 0.256. The number of primary amides is 1. The first kappa shape index (κ1) is 15.0. The maximum Gasteiger partial charge on any atom is 0.325 e. The molecule has 0 saturated heterocycles. The van der Waals surface area contributed by atoms with Crippen LogP contribution in [0.5, 0.6) is 11.5 Å². The van der Waals surface area contributed by atoms with Crippen LogP contribution < -0.4 is 15.4 Å². The third-order valence-corrected chi connectivity index (χ3v) is 3.75. The molecule has 3 rings (SSSR count). The number of amides is 2. The molecule has 0 aliphatic rings. The van der Waals surface area contributed by atoms with Crippen molar-refractivity contribution in [2.45, 2.75) is 0 Å². The highest BCUT2D eigenvalue weighted by molar-refractivity contribution is 7.13. The number of aromatic nitrogens is 1. The zero-order valence-corrected chi connectivity index (χ0v) is 12.7. The number of ether oxygens (including phenoxy) is 1. The SMILES string of the molecule is NC(=O)N(c1nccs1)c1ccccc1Oc1ccccc1F. The van der Waals surface area contributed by atoms with Gasteiger partial charge in [-0.1, -0.05) is 24.3 Å². The second-order valence-corrected chi connectivity index (χ2v) is 5.36. The van der Waals surface area contributed by atoms with Crippen LogP contribution in [0.15, 0.2) is 60.1 Å². The first-order valence-electron chi connectivity index (χ1n) is 6.67. The van der Waals surface area contributed by atoms with Gasteiger partial charge in [-0.3, -0.25) is 0 Å². The molecule has 1 heterocycles. The smallest absolute Gasteiger partial charge is 0.325 e. The van der Waals surface area contributed by atoms with E-state index in [2.05, 4.69) is 4.98 Å². The fourth-order valence-corrected chi connectivity index (χ4v) is 2.68. The number of hydrogen-bond acceptors (Lipinski definition) is 4. The Labute approximate surface area is 135 Å². The first-order valence-corrected chi connectivity index (χ1v) is 7.55. The number of carbonyl (C=O) groups is 1. The number of anilines is 2. The molecule has 2 aromatic carbocycles. The van der Waals surface area contributed by atoms with Gasteiger partial charge in [-0.05, 0) is 24.3 Å². The molecular formula is C16H12FN3O2S. The van der Waals surface area contributed by atoms with E-state index in [4.69, 9.17) is 10.5 Å². The van der Waals surface area contributed by atoms with E-state index in [1.165, 1.54) is 28.4 Å². The molecule has 0 aliphatic heterocycles. The van der Waals surface area contributed by atoms with Crippen LogP contribution in [0.1, 0.15) is 0 Å². The minimum Gasteiger partial charge on any atom is -0.452 e. The average Bonchev–Trinajstić information content (AvgIpc) is 3.05. The molecule has 1 aromatic heterocycles. The van der Waals surface area contributed by atoms with E-state index >= 15 is 0 Å². The van der Waals surface area contributed by atoms with Crippen molar-refractivity contribution in [3.63, 3.8) is 0 Å². The molecule has 23 heavy (non-hydrogen) atoms. The minimum atomic E-state index is -0.704. The topological polar surface area (TPSA) is 68.5 Å². The van der Waals surface area contributed by atoms with E-state index in [0.29, 0.717) is 16.6 Å². The highest BCUT2D eigenvalue weighted by Crippen LogP contribution is 2.37. The normalized spacial score (nSPS) is 10.3. The van der Waals surface area contributed by atoms with Crippen LogP contribution in [0, 0.1) is 5.82 Å². The molecule has 5 nitrogen and oxygen atoms in total. The van der Waals surface area contributed by atoms with Crippen molar-refractivity contribution in [2.75, 3.05) is 4.90 Å². The van der Waals surface area contributed by atoms with E-state index in [-0.39, 0.29) is 5.75 Å². The number of carbonyl (C=O) groups excluding carboxylic acids is 1. The summed E-state index contributed by atoms with van der Waals surface area (Å²) in [5, 5.41) is 2.13. The molecule has 0 fully saturated rings. The Morgan fingerprint density at radius 3 is 2.48 bits per heavy atom. The summed E-state index contributed by atoms with van der Waals surface area (Å²) < 4.78 is 19.4. The molecule has 7 heteroatoms. The highest BCUT2D eigenvalue weighted by Gasteiger charge is 2.21. The van der Waals surface area contributed by atoms with Gasteiger partial charge in [0.15, 0.2) is 22.4 Å². The van der Waals surface area contributed by atoms with Crippen molar-refractivity contribution in [2.24, 2.45) is 5.73 Å². The van der Waals surface area contributed by atoms with Crippen molar-refractivity contribution >= 4 is 28.2 Å². The van der Waals surface area contributed by atoms with E-state index in [1.54, 1.807) is 48.0 Å². The number of halogens is 1. The predicted molar refractivity (Wildman–Crippen MR) is 86.8 cm³/mol. The molecule has 0 aliphatic carbocycles. The summed E-state index contributed by atoms with van der Waals surface area (Å²) in [7, 11) is 0. The van der Waals surface area contributed by atoms with Gasteiger partial charge in [0.05, 0.1) is 5.69 Å². The van der Waals surface area contributed by atoms with Crippen LogP contribution in [0.2, 0.25) is 0 Å². The molecule has 0 bridgehead atoms. The summed E-state index contributed by atoms with van der Waals surface area (Å²) in [5.74, 6) is -0.141. The van der Waals surface area contributed by atoms with Crippen LogP contribution in [0.4, 0.5) is 20.0 Å². The zero-order valence-electron chi connectivity index (χ0n) is 11.8. The van der Waals surface area contributed by atoms with E-state index < -0.39 is 11.8 Å². The lowest BCUT2D eigenvalue weighted by Gasteiger charge is -2.20. The van der Waals surface area contributed by atoms with Gasteiger partial charge in [-0.2, -0.15) is 0 Å². The Morgan fingerprint density at radius 1 is 1.13 bits per heavy atom. The maximum absolute atomic E-state index is 13.8. The largest absolute Gasteiger partial charge is 0.452 e. The third kappa shape index (κ3) is 3.14. The van der Waals surface area contributed by atoms with Gasteiger partial charge in [0.2, 0.25) is 0 Å². The number of nitrogens with zero attached hydrogens (tertiary/aromatic N) is 2. The summed E-state index contributed by atoms with van der Waals surface area (Å²) in [4.78, 5) is 17.2. The van der Waals surface area contributed by atoms with Crippen LogP contribution in [-0.2, 0) is 0 Å². The number of urea groups is 1. The number of rotatable bonds is 4. The number of benzene rings is 2. The second-order valence-electron chi connectivity index (χ2n) is 4.49. The van der Waals surface area contributed by atoms with Gasteiger partial charge in [0.25, 0.3) is 0 Å². The molecule has 2 amide bonds. The Kier molecular flexibility index (Phi) is 4.20. The Morgan fingerprint density at radius 2 is 1.83 bits per heavy atom. The van der Waals surface area contributed by atoms with Gasteiger partial charge in [0, 0.05) is 11.6 Å². The lowest BCUT2D eigenvalue weighted by Crippen LogP contribution is -2.31. The van der Waals surface area contributed by atoms with Crippen LogP contribution in [0.3, 0.4) is 0 Å². The average molecular weight is 329 g/mol. The second kappa shape index (κ2) is 6.45. The van der Waals surface area contributed by atoms with Crippen molar-refractivity contribution in [3.05, 3.63) is 65.9 Å². The molecule has 116 valence electrons. The quantitative estimate of drug-likeness (QED) is 0.776. The van der Waals surface area contributed by atoms with Crippen LogP contribution >= 0.6 is 11.3 Å². The van der Waals surface area contributed by atoms with Gasteiger partial charge in [0.1, 0.15) is 0 Å². The first-order chi connectivity index (χ1) is 11.2. The monoisotopic (exact) mass is 329 g/mol. The van der Waals surface area contributed by atoms with Gasteiger partial charge in [-0.25, -0.2) is 19.1 Å². The Balaban J connectivity index is 2.03. The van der Waals surface area contributed by atoms with Crippen LogP contribution in [0.25, 0.3) is 0 Å². The molecule has 0 unspecified atom stereocenters. The van der Waals surface area contributed by atoms with Crippen molar-refractivity contribution in [1.29, 1.82) is 0 Å². The molecule has 3 aromatic rings. The molecule has 2 N–H and O–H groups in total. The van der Waals surface area contributed by atoms with Crippen molar-refractivity contribution in [1.82, 2.24) is 4.98 Å². The van der Waals surface area contributed by atoms with Crippen molar-refractivity contribution in [3.8, 4) is 11.5 Å². The molecule has 0 spiro atoms. The number of hydrogen-bond donors (Lipinski definition) is 1. The lowest BCUT2D eigenvalue weighted by atomic mass is 10.2. The number of thiazole rings is 1. The summed E-state index contributed by atoms with van der Waals surface area (Å²) in [6, 6.07) is 12.1. The molecule has 0 saturated carbocycles. The third-order valence-electron chi connectivity index (χ3n) is 2.99. The van der Waals surface area contributed by atoms with E-state index in [9.17, 15) is 9.18 Å². The molecule has 0 atom stereocenters. The maximum atomic E-state index is 13.8. The van der Waals surface area contributed by atoms with Crippen LogP contribution in [-0.4, -0.2) is 11.0 Å². The fraction of sp³-hybridized carbons (Fsp3) is 0. The zero-order chi connectivity index (χ0) is 16.2. The summed E-state index contributed by atoms with van der Waals surface area (Å²) in [6.07, 6.45) is 1.57. The van der Waals surface area contributed by atoms with E-state index in [1.807, 2.05) is 0 Å². The van der Waals surface area contributed by atoms with Gasteiger partial charge < -0.3 is 10.5 Å². The summed E-state index contributed by atoms with van der Waals surface area (Å²) in [6.45, 7) is 0. The van der Waals surface area contributed by atoms with Gasteiger partial charge >= 0.3 is 6.03 Å². The van der Waals surface area contributed by atoms with Gasteiger partial charge in [-0.15, -0.1) is 11.3 Å². The number of nitrogens with two attached hydrogens (primary N) is 1. The number of para-hydroxylation sites is 3. The fourth-order valence-electron chi connectivity index (χ4n) is 2.02.